The smallest absolute Gasteiger partial charge is 0.00482 e. The molecule has 1 spiro atoms. The van der Waals surface area contributed by atoms with Gasteiger partial charge in [-0.1, -0.05) is 19.1 Å². The fourth-order valence-corrected chi connectivity index (χ4v) is 2.07. The SMILES string of the molecule is C=C1CC12CC(C)C2. The van der Waals surface area contributed by atoms with Crippen LogP contribution in [0.5, 0.6) is 0 Å². The summed E-state index contributed by atoms with van der Waals surface area (Å²) < 4.78 is 0. The molecule has 0 N–H and O–H groups in total. The van der Waals surface area contributed by atoms with Crippen molar-refractivity contribution in [3.63, 3.8) is 0 Å². The van der Waals surface area contributed by atoms with Gasteiger partial charge in [0.25, 0.3) is 0 Å². The van der Waals surface area contributed by atoms with Crippen LogP contribution in [-0.2, 0) is 0 Å². The van der Waals surface area contributed by atoms with E-state index in [4.69, 9.17) is 0 Å². The fourth-order valence-electron chi connectivity index (χ4n) is 2.07. The molecule has 2 aliphatic carbocycles. The molecule has 0 heterocycles. The van der Waals surface area contributed by atoms with Gasteiger partial charge in [0.15, 0.2) is 0 Å². The van der Waals surface area contributed by atoms with Crippen LogP contribution >= 0.6 is 0 Å². The van der Waals surface area contributed by atoms with Crippen molar-refractivity contribution < 1.29 is 0 Å². The maximum absolute atomic E-state index is 3.98. The molecule has 2 aliphatic rings. The molecular weight excluding hydrogens is 96.1 g/mol. The zero-order valence-electron chi connectivity index (χ0n) is 5.41. The molecule has 0 radical (unpaired) electrons. The molecule has 0 unspecified atom stereocenters. The lowest BCUT2D eigenvalue weighted by atomic mass is 9.72. The van der Waals surface area contributed by atoms with Crippen LogP contribution < -0.4 is 0 Å². The Morgan fingerprint density at radius 2 is 2.12 bits per heavy atom. The number of hydrogen-bond donors (Lipinski definition) is 0. The Morgan fingerprint density at radius 3 is 2.25 bits per heavy atom. The summed E-state index contributed by atoms with van der Waals surface area (Å²) in [5.74, 6) is 0.995. The molecule has 0 atom stereocenters. The van der Waals surface area contributed by atoms with E-state index < -0.39 is 0 Å². The van der Waals surface area contributed by atoms with Gasteiger partial charge in [-0.25, -0.2) is 0 Å². The minimum atomic E-state index is 0.708. The normalized spacial score (nSPS) is 51.6. The third-order valence-electron chi connectivity index (χ3n) is 2.66. The van der Waals surface area contributed by atoms with Gasteiger partial charge in [0, 0.05) is 0 Å². The molecule has 2 rings (SSSR count). The summed E-state index contributed by atoms with van der Waals surface area (Å²) in [5.41, 5.74) is 2.23. The van der Waals surface area contributed by atoms with Crippen molar-refractivity contribution in [3.05, 3.63) is 12.2 Å². The highest BCUT2D eigenvalue weighted by Gasteiger charge is 2.54. The first-order valence-corrected chi connectivity index (χ1v) is 3.41. The van der Waals surface area contributed by atoms with Gasteiger partial charge in [-0.3, -0.25) is 0 Å². The number of rotatable bonds is 0. The molecule has 0 aliphatic heterocycles. The van der Waals surface area contributed by atoms with E-state index >= 15 is 0 Å². The number of allylic oxidation sites excluding steroid dienone is 1. The number of hydrogen-bond acceptors (Lipinski definition) is 0. The van der Waals surface area contributed by atoms with Crippen molar-refractivity contribution in [1.82, 2.24) is 0 Å². The Bertz CT molecular complexity index is 138. The van der Waals surface area contributed by atoms with Crippen molar-refractivity contribution in [2.24, 2.45) is 11.3 Å². The summed E-state index contributed by atoms with van der Waals surface area (Å²) >= 11 is 0. The van der Waals surface area contributed by atoms with Crippen LogP contribution in [-0.4, -0.2) is 0 Å². The molecule has 2 fully saturated rings. The Labute approximate surface area is 50.6 Å². The van der Waals surface area contributed by atoms with Gasteiger partial charge >= 0.3 is 0 Å². The van der Waals surface area contributed by atoms with E-state index in [0.717, 1.165) is 5.92 Å². The molecular formula is C8H12. The first-order chi connectivity index (χ1) is 3.73. The highest BCUT2D eigenvalue weighted by molar-refractivity contribution is 5.33. The van der Waals surface area contributed by atoms with E-state index in [1.165, 1.54) is 24.8 Å². The second kappa shape index (κ2) is 1.02. The van der Waals surface area contributed by atoms with Crippen molar-refractivity contribution in [1.29, 1.82) is 0 Å². The lowest BCUT2D eigenvalue weighted by Crippen LogP contribution is -2.22. The first-order valence-electron chi connectivity index (χ1n) is 3.41. The predicted octanol–water partition coefficient (Wildman–Crippen LogP) is 2.36. The zero-order valence-corrected chi connectivity index (χ0v) is 5.41. The fraction of sp³-hybridized carbons (Fsp3) is 0.750. The van der Waals surface area contributed by atoms with Crippen LogP contribution in [0.1, 0.15) is 26.2 Å². The van der Waals surface area contributed by atoms with Crippen LogP contribution in [0.15, 0.2) is 12.2 Å². The monoisotopic (exact) mass is 108 g/mol. The van der Waals surface area contributed by atoms with Gasteiger partial charge < -0.3 is 0 Å². The topological polar surface area (TPSA) is 0 Å². The standard InChI is InChI=1S/C8H12/c1-6-3-8(4-6)5-7(8)2/h6H,2-5H2,1H3. The molecule has 0 aromatic heterocycles. The maximum atomic E-state index is 3.98. The Balaban J connectivity index is 2.05. The first kappa shape index (κ1) is 4.60. The van der Waals surface area contributed by atoms with E-state index in [-0.39, 0.29) is 0 Å². The molecule has 0 amide bonds. The summed E-state index contributed by atoms with van der Waals surface area (Å²) in [6, 6.07) is 0. The minimum Gasteiger partial charge on any atom is -0.0993 e. The van der Waals surface area contributed by atoms with Gasteiger partial charge in [0.05, 0.1) is 0 Å². The molecule has 0 saturated heterocycles. The van der Waals surface area contributed by atoms with Crippen molar-refractivity contribution in [2.45, 2.75) is 26.2 Å². The van der Waals surface area contributed by atoms with Crippen LogP contribution in [0.3, 0.4) is 0 Å². The predicted molar refractivity (Wildman–Crippen MR) is 34.6 cm³/mol. The van der Waals surface area contributed by atoms with Crippen molar-refractivity contribution in [2.75, 3.05) is 0 Å². The largest absolute Gasteiger partial charge is 0.0993 e. The Morgan fingerprint density at radius 1 is 1.62 bits per heavy atom. The van der Waals surface area contributed by atoms with Gasteiger partial charge in [-0.2, -0.15) is 0 Å². The summed E-state index contributed by atoms with van der Waals surface area (Å²) in [7, 11) is 0. The van der Waals surface area contributed by atoms with Gasteiger partial charge in [-0.05, 0) is 30.6 Å². The second-order valence-electron chi connectivity index (χ2n) is 3.57. The zero-order chi connectivity index (χ0) is 5.78. The van der Waals surface area contributed by atoms with E-state index in [1.54, 1.807) is 0 Å². The van der Waals surface area contributed by atoms with Gasteiger partial charge in [0.2, 0.25) is 0 Å². The maximum Gasteiger partial charge on any atom is -0.00482 e. The van der Waals surface area contributed by atoms with Crippen LogP contribution in [0, 0.1) is 11.3 Å². The van der Waals surface area contributed by atoms with Gasteiger partial charge in [0.1, 0.15) is 0 Å². The summed E-state index contributed by atoms with van der Waals surface area (Å²) in [4.78, 5) is 0. The Kier molecular flexibility index (Phi) is 0.588. The molecule has 0 nitrogen and oxygen atoms in total. The summed E-state index contributed by atoms with van der Waals surface area (Å²) in [6.07, 6.45) is 4.22. The quantitative estimate of drug-likeness (QED) is 0.418. The lowest BCUT2D eigenvalue weighted by molar-refractivity contribution is 0.202. The van der Waals surface area contributed by atoms with Crippen LogP contribution in [0.2, 0.25) is 0 Å². The molecule has 0 heteroatoms. The second-order valence-corrected chi connectivity index (χ2v) is 3.57. The van der Waals surface area contributed by atoms with E-state index in [0.29, 0.717) is 5.41 Å². The highest BCUT2D eigenvalue weighted by atomic mass is 14.6. The minimum absolute atomic E-state index is 0.708. The van der Waals surface area contributed by atoms with E-state index in [2.05, 4.69) is 13.5 Å². The molecule has 0 aromatic rings. The lowest BCUT2D eigenvalue weighted by Gasteiger charge is -2.32. The summed E-state index contributed by atoms with van der Waals surface area (Å²) in [5, 5.41) is 0. The average molecular weight is 108 g/mol. The van der Waals surface area contributed by atoms with Crippen LogP contribution in [0.4, 0.5) is 0 Å². The van der Waals surface area contributed by atoms with Gasteiger partial charge in [-0.15, -0.1) is 0 Å². The third-order valence-corrected chi connectivity index (χ3v) is 2.66. The van der Waals surface area contributed by atoms with E-state index in [1.807, 2.05) is 0 Å². The molecule has 2 saturated carbocycles. The molecule has 0 bridgehead atoms. The Hall–Kier alpha value is -0.260. The van der Waals surface area contributed by atoms with Crippen molar-refractivity contribution in [3.8, 4) is 0 Å². The molecule has 44 valence electrons. The average Bonchev–Trinajstić information content (AvgIpc) is 2.13. The van der Waals surface area contributed by atoms with E-state index in [9.17, 15) is 0 Å². The van der Waals surface area contributed by atoms with Crippen LogP contribution in [0.25, 0.3) is 0 Å². The third kappa shape index (κ3) is 0.367. The van der Waals surface area contributed by atoms with Crippen molar-refractivity contribution >= 4 is 0 Å². The summed E-state index contributed by atoms with van der Waals surface area (Å²) in [6.45, 7) is 6.31. The molecule has 8 heavy (non-hydrogen) atoms. The highest BCUT2D eigenvalue weighted by Crippen LogP contribution is 2.66. The molecule has 0 aromatic carbocycles.